The maximum atomic E-state index is 12.9. The fraction of sp³-hybridized carbons (Fsp3) is 0.125. The van der Waals surface area contributed by atoms with Gasteiger partial charge in [-0.3, -0.25) is 0 Å². The van der Waals surface area contributed by atoms with Gasteiger partial charge in [0.1, 0.15) is 5.82 Å². The average molecular weight is 277 g/mol. The molecule has 0 bridgehead atoms. The summed E-state index contributed by atoms with van der Waals surface area (Å²) in [7, 11) is 0. The number of isocyanates is 1. The maximum absolute atomic E-state index is 12.9. The van der Waals surface area contributed by atoms with Crippen LogP contribution < -0.4 is 0 Å². The van der Waals surface area contributed by atoms with Crippen molar-refractivity contribution in [3.8, 4) is 0 Å². The molecule has 0 aliphatic rings. The van der Waals surface area contributed by atoms with Gasteiger partial charge in [0, 0.05) is 3.57 Å². The fourth-order valence-corrected chi connectivity index (χ4v) is 1.10. The molecule has 0 saturated heterocycles. The van der Waals surface area contributed by atoms with Crippen molar-refractivity contribution in [2.75, 3.05) is 0 Å². The van der Waals surface area contributed by atoms with Crippen molar-refractivity contribution in [1.29, 1.82) is 0 Å². The normalized spacial score (nSPS) is 9.17. The van der Waals surface area contributed by atoms with Gasteiger partial charge in [0.2, 0.25) is 6.08 Å². The minimum Gasteiger partial charge on any atom is -0.211 e. The van der Waals surface area contributed by atoms with Crippen LogP contribution in [-0.4, -0.2) is 6.08 Å². The van der Waals surface area contributed by atoms with E-state index >= 15 is 0 Å². The SMILES string of the molecule is O=C=NCc1ccc(I)c(F)c1. The van der Waals surface area contributed by atoms with Crippen LogP contribution in [0.25, 0.3) is 0 Å². The lowest BCUT2D eigenvalue weighted by Gasteiger charge is -1.96. The standard InChI is InChI=1S/C8H5FINO/c9-7-3-6(4-11-5-12)1-2-8(7)10/h1-3H,4H2. The van der Waals surface area contributed by atoms with Crippen molar-refractivity contribution in [2.45, 2.75) is 6.54 Å². The average Bonchev–Trinajstić information content (AvgIpc) is 2.07. The van der Waals surface area contributed by atoms with Crippen molar-refractivity contribution in [2.24, 2.45) is 4.99 Å². The third kappa shape index (κ3) is 2.39. The van der Waals surface area contributed by atoms with Gasteiger partial charge in [-0.2, -0.15) is 0 Å². The van der Waals surface area contributed by atoms with Gasteiger partial charge in [-0.15, -0.1) is 0 Å². The zero-order chi connectivity index (χ0) is 8.97. The van der Waals surface area contributed by atoms with E-state index in [4.69, 9.17) is 0 Å². The molecule has 0 radical (unpaired) electrons. The first kappa shape index (κ1) is 9.35. The van der Waals surface area contributed by atoms with E-state index in [0.717, 1.165) is 0 Å². The number of hydrogen-bond donors (Lipinski definition) is 0. The first-order valence-electron chi connectivity index (χ1n) is 3.21. The molecular weight excluding hydrogens is 272 g/mol. The molecule has 0 fully saturated rings. The summed E-state index contributed by atoms with van der Waals surface area (Å²) < 4.78 is 13.4. The van der Waals surface area contributed by atoms with Crippen LogP contribution in [0.4, 0.5) is 4.39 Å². The number of aliphatic imine (C=N–C) groups is 1. The molecule has 0 heterocycles. The van der Waals surface area contributed by atoms with Gasteiger partial charge in [0.25, 0.3) is 0 Å². The first-order valence-corrected chi connectivity index (χ1v) is 4.29. The van der Waals surface area contributed by atoms with Gasteiger partial charge in [0.15, 0.2) is 0 Å². The molecule has 1 aromatic rings. The summed E-state index contributed by atoms with van der Waals surface area (Å²) in [6.07, 6.45) is 1.40. The zero-order valence-corrected chi connectivity index (χ0v) is 8.21. The minimum atomic E-state index is -0.283. The van der Waals surface area contributed by atoms with E-state index in [2.05, 4.69) is 4.99 Å². The Bertz CT molecular complexity index is 334. The Kier molecular flexibility index (Phi) is 3.37. The second-order valence-electron chi connectivity index (χ2n) is 2.16. The van der Waals surface area contributed by atoms with Gasteiger partial charge in [-0.25, -0.2) is 14.2 Å². The van der Waals surface area contributed by atoms with E-state index in [1.807, 2.05) is 22.6 Å². The first-order chi connectivity index (χ1) is 5.74. The number of benzene rings is 1. The van der Waals surface area contributed by atoms with Crippen LogP contribution in [0.15, 0.2) is 23.2 Å². The van der Waals surface area contributed by atoms with Gasteiger partial charge < -0.3 is 0 Å². The molecule has 0 N–H and O–H groups in total. The minimum absolute atomic E-state index is 0.192. The Morgan fingerprint density at radius 2 is 2.33 bits per heavy atom. The van der Waals surface area contributed by atoms with Crippen LogP contribution in [0.1, 0.15) is 5.56 Å². The molecule has 0 unspecified atom stereocenters. The van der Waals surface area contributed by atoms with Crippen LogP contribution in [0.3, 0.4) is 0 Å². The van der Waals surface area contributed by atoms with Crippen LogP contribution in [0.5, 0.6) is 0 Å². The number of halogens is 2. The Balaban J connectivity index is 2.89. The lowest BCUT2D eigenvalue weighted by molar-refractivity contribution is 0.562. The molecule has 0 atom stereocenters. The predicted octanol–water partition coefficient (Wildman–Crippen LogP) is 2.27. The molecule has 0 saturated carbocycles. The predicted molar refractivity (Wildman–Crippen MR) is 50.9 cm³/mol. The molecule has 1 aromatic carbocycles. The molecule has 0 aliphatic heterocycles. The van der Waals surface area contributed by atoms with Gasteiger partial charge in [-0.05, 0) is 40.3 Å². The van der Waals surface area contributed by atoms with E-state index in [1.165, 1.54) is 12.1 Å². The largest absolute Gasteiger partial charge is 0.235 e. The summed E-state index contributed by atoms with van der Waals surface area (Å²) in [6.45, 7) is 0.192. The summed E-state index contributed by atoms with van der Waals surface area (Å²) >= 11 is 1.90. The highest BCUT2D eigenvalue weighted by molar-refractivity contribution is 14.1. The quantitative estimate of drug-likeness (QED) is 0.463. The van der Waals surface area contributed by atoms with Gasteiger partial charge in [-0.1, -0.05) is 6.07 Å². The van der Waals surface area contributed by atoms with Crippen LogP contribution in [0, 0.1) is 9.39 Å². The molecule has 62 valence electrons. The smallest absolute Gasteiger partial charge is 0.211 e. The molecule has 0 aromatic heterocycles. The Morgan fingerprint density at radius 3 is 2.92 bits per heavy atom. The number of nitrogens with zero attached hydrogens (tertiary/aromatic N) is 1. The highest BCUT2D eigenvalue weighted by atomic mass is 127. The molecule has 4 heteroatoms. The topological polar surface area (TPSA) is 29.4 Å². The van der Waals surface area contributed by atoms with Crippen LogP contribution in [0.2, 0.25) is 0 Å². The maximum Gasteiger partial charge on any atom is 0.235 e. The highest BCUT2D eigenvalue weighted by Crippen LogP contribution is 2.12. The second-order valence-corrected chi connectivity index (χ2v) is 3.32. The molecule has 0 amide bonds. The van der Waals surface area contributed by atoms with E-state index < -0.39 is 0 Å². The molecule has 0 aliphatic carbocycles. The third-order valence-electron chi connectivity index (χ3n) is 1.31. The summed E-state index contributed by atoms with van der Waals surface area (Å²) in [5.41, 5.74) is 0.677. The molecule has 0 spiro atoms. The van der Waals surface area contributed by atoms with Crippen LogP contribution in [-0.2, 0) is 11.3 Å². The van der Waals surface area contributed by atoms with Crippen molar-refractivity contribution in [1.82, 2.24) is 0 Å². The highest BCUT2D eigenvalue weighted by Gasteiger charge is 1.98. The van der Waals surface area contributed by atoms with Gasteiger partial charge >= 0.3 is 0 Å². The third-order valence-corrected chi connectivity index (χ3v) is 2.19. The van der Waals surface area contributed by atoms with E-state index in [1.54, 1.807) is 12.1 Å². The molecule has 12 heavy (non-hydrogen) atoms. The summed E-state index contributed by atoms with van der Waals surface area (Å²) in [6, 6.07) is 4.74. The number of rotatable bonds is 2. The zero-order valence-electron chi connectivity index (χ0n) is 6.05. The Hall–Kier alpha value is -0.740. The molecular formula is C8H5FINO. The number of hydrogen-bond acceptors (Lipinski definition) is 2. The van der Waals surface area contributed by atoms with E-state index in [9.17, 15) is 9.18 Å². The van der Waals surface area contributed by atoms with Crippen molar-refractivity contribution >= 4 is 28.7 Å². The fourth-order valence-electron chi connectivity index (χ4n) is 0.762. The molecule has 1 rings (SSSR count). The van der Waals surface area contributed by atoms with E-state index in [0.29, 0.717) is 9.13 Å². The second kappa shape index (κ2) is 4.33. The van der Waals surface area contributed by atoms with Crippen molar-refractivity contribution in [3.63, 3.8) is 0 Å². The Labute approximate surface area is 82.6 Å². The Morgan fingerprint density at radius 1 is 1.58 bits per heavy atom. The lowest BCUT2D eigenvalue weighted by atomic mass is 10.2. The lowest BCUT2D eigenvalue weighted by Crippen LogP contribution is -1.86. The monoisotopic (exact) mass is 277 g/mol. The van der Waals surface area contributed by atoms with E-state index in [-0.39, 0.29) is 12.4 Å². The van der Waals surface area contributed by atoms with Crippen LogP contribution >= 0.6 is 22.6 Å². The summed E-state index contributed by atoms with van der Waals surface area (Å²) in [4.78, 5) is 13.1. The van der Waals surface area contributed by atoms with Crippen molar-refractivity contribution in [3.05, 3.63) is 33.1 Å². The van der Waals surface area contributed by atoms with Gasteiger partial charge in [0.05, 0.1) is 6.54 Å². The van der Waals surface area contributed by atoms with Crippen molar-refractivity contribution < 1.29 is 9.18 Å². The number of carbonyl (C=O) groups excluding carboxylic acids is 1. The summed E-state index contributed by atoms with van der Waals surface area (Å²) in [5, 5.41) is 0. The molecule has 2 nitrogen and oxygen atoms in total. The summed E-state index contributed by atoms with van der Waals surface area (Å²) in [5.74, 6) is -0.283.